The Morgan fingerprint density at radius 1 is 1.08 bits per heavy atom. The Morgan fingerprint density at radius 2 is 1.77 bits per heavy atom. The van der Waals surface area contributed by atoms with E-state index >= 15 is 0 Å². The lowest BCUT2D eigenvalue weighted by Gasteiger charge is -2.23. The average molecular weight is 380 g/mol. The monoisotopic (exact) mass is 380 g/mol. The van der Waals surface area contributed by atoms with Crippen LogP contribution in [0.1, 0.15) is 5.56 Å². The van der Waals surface area contributed by atoms with Crippen LogP contribution in [0.4, 0.5) is 19.0 Å². The number of alkyl halides is 3. The molecule has 3 N–H and O–H groups in total. The van der Waals surface area contributed by atoms with Gasteiger partial charge in [-0.25, -0.2) is 4.98 Å². The lowest BCUT2D eigenvalue weighted by Crippen LogP contribution is -2.57. The first-order valence-electron chi connectivity index (χ1n) is 7.43. The number of halogens is 3. The van der Waals surface area contributed by atoms with E-state index < -0.39 is 18.2 Å². The molecular formula is C17H15F3N4OS. The SMILES string of the molecule is O=C(/C=C/c1ccccc1)NC(NC(=S)Nc1ccccn1)C(F)(F)F. The second-order valence-corrected chi connectivity index (χ2v) is 5.45. The molecule has 0 spiro atoms. The van der Waals surface area contributed by atoms with E-state index in [1.54, 1.807) is 42.5 Å². The van der Waals surface area contributed by atoms with Gasteiger partial charge in [0.2, 0.25) is 5.91 Å². The third-order valence-electron chi connectivity index (χ3n) is 3.02. The van der Waals surface area contributed by atoms with E-state index in [2.05, 4.69) is 10.3 Å². The largest absolute Gasteiger partial charge is 0.427 e. The fraction of sp³-hybridized carbons (Fsp3) is 0.118. The molecule has 2 rings (SSSR count). The van der Waals surface area contributed by atoms with Crippen molar-refractivity contribution < 1.29 is 18.0 Å². The summed E-state index contributed by atoms with van der Waals surface area (Å²) < 4.78 is 39.4. The van der Waals surface area contributed by atoms with Gasteiger partial charge in [-0.1, -0.05) is 36.4 Å². The van der Waals surface area contributed by atoms with Gasteiger partial charge in [-0.3, -0.25) is 4.79 Å². The van der Waals surface area contributed by atoms with E-state index in [-0.39, 0.29) is 10.9 Å². The zero-order valence-corrected chi connectivity index (χ0v) is 14.1. The Kier molecular flexibility index (Phi) is 6.67. The van der Waals surface area contributed by atoms with Crippen LogP contribution in [0, 0.1) is 0 Å². The molecule has 0 aliphatic heterocycles. The summed E-state index contributed by atoms with van der Waals surface area (Å²) >= 11 is 4.84. The van der Waals surface area contributed by atoms with Crippen LogP contribution in [-0.4, -0.2) is 28.3 Å². The van der Waals surface area contributed by atoms with E-state index in [1.807, 2.05) is 10.6 Å². The molecule has 0 bridgehead atoms. The number of carbonyl (C=O) groups is 1. The number of benzene rings is 1. The number of aromatic nitrogens is 1. The van der Waals surface area contributed by atoms with E-state index in [0.29, 0.717) is 5.56 Å². The van der Waals surface area contributed by atoms with Crippen molar-refractivity contribution in [3.8, 4) is 0 Å². The lowest BCUT2D eigenvalue weighted by atomic mass is 10.2. The molecule has 1 atom stereocenters. The normalized spacial score (nSPS) is 12.4. The Bertz CT molecular complexity index is 767. The second kappa shape index (κ2) is 8.95. The first kappa shape index (κ1) is 19.4. The van der Waals surface area contributed by atoms with E-state index in [1.165, 1.54) is 18.3 Å². The second-order valence-electron chi connectivity index (χ2n) is 5.04. The Hall–Kier alpha value is -2.94. The van der Waals surface area contributed by atoms with Crippen molar-refractivity contribution in [2.24, 2.45) is 0 Å². The molecule has 0 radical (unpaired) electrons. The summed E-state index contributed by atoms with van der Waals surface area (Å²) in [6.07, 6.45) is -3.20. The maximum Gasteiger partial charge on any atom is 0.427 e. The highest BCUT2D eigenvalue weighted by Crippen LogP contribution is 2.18. The standard InChI is InChI=1S/C17H15F3N4OS/c18-17(19,20)15(24-16(26)22-13-8-4-5-11-21-13)23-14(25)10-9-12-6-2-1-3-7-12/h1-11,15H,(H,23,25)(H2,21,22,24,26)/b10-9+. The number of nitrogens with zero attached hydrogens (tertiary/aromatic N) is 1. The van der Waals surface area contributed by atoms with Crippen LogP contribution in [0.25, 0.3) is 6.08 Å². The van der Waals surface area contributed by atoms with Gasteiger partial charge in [0.25, 0.3) is 0 Å². The number of pyridine rings is 1. The average Bonchev–Trinajstić information content (AvgIpc) is 2.60. The fourth-order valence-corrected chi connectivity index (χ4v) is 2.07. The maximum atomic E-state index is 13.1. The van der Waals surface area contributed by atoms with Crippen LogP contribution in [-0.2, 0) is 4.79 Å². The van der Waals surface area contributed by atoms with Crippen LogP contribution in [0.15, 0.2) is 60.8 Å². The molecule has 1 amide bonds. The van der Waals surface area contributed by atoms with Crippen molar-refractivity contribution in [2.75, 3.05) is 5.32 Å². The van der Waals surface area contributed by atoms with Gasteiger partial charge in [-0.15, -0.1) is 0 Å². The summed E-state index contributed by atoms with van der Waals surface area (Å²) in [6, 6.07) is 13.6. The summed E-state index contributed by atoms with van der Waals surface area (Å²) in [7, 11) is 0. The summed E-state index contributed by atoms with van der Waals surface area (Å²) in [5.41, 5.74) is 0.687. The quantitative estimate of drug-likeness (QED) is 0.423. The number of rotatable bonds is 5. The molecule has 1 aromatic heterocycles. The van der Waals surface area contributed by atoms with Gasteiger partial charge < -0.3 is 16.0 Å². The Morgan fingerprint density at radius 3 is 2.38 bits per heavy atom. The molecule has 1 heterocycles. The number of amides is 1. The van der Waals surface area contributed by atoms with Crippen molar-refractivity contribution in [1.29, 1.82) is 0 Å². The van der Waals surface area contributed by atoms with Crippen molar-refractivity contribution in [3.05, 3.63) is 66.4 Å². The van der Waals surface area contributed by atoms with Crippen LogP contribution in [0.2, 0.25) is 0 Å². The smallest absolute Gasteiger partial charge is 0.335 e. The summed E-state index contributed by atoms with van der Waals surface area (Å²) in [4.78, 5) is 15.7. The molecule has 9 heteroatoms. The number of hydrogen-bond donors (Lipinski definition) is 3. The molecule has 5 nitrogen and oxygen atoms in total. The van der Waals surface area contributed by atoms with Crippen LogP contribution in [0.5, 0.6) is 0 Å². The number of thiocarbonyl (C=S) groups is 1. The van der Waals surface area contributed by atoms with Gasteiger partial charge in [-0.05, 0) is 36.0 Å². The molecule has 0 aliphatic rings. The van der Waals surface area contributed by atoms with Gasteiger partial charge >= 0.3 is 6.18 Å². The van der Waals surface area contributed by atoms with Gasteiger partial charge in [0.05, 0.1) is 0 Å². The van der Waals surface area contributed by atoms with Crippen molar-refractivity contribution in [1.82, 2.24) is 15.6 Å². The summed E-state index contributed by atoms with van der Waals surface area (Å²) in [5, 5.41) is 6.05. The first-order valence-corrected chi connectivity index (χ1v) is 7.84. The van der Waals surface area contributed by atoms with Crippen LogP contribution in [0.3, 0.4) is 0 Å². The molecule has 0 fully saturated rings. The molecule has 0 saturated carbocycles. The fourth-order valence-electron chi connectivity index (χ4n) is 1.85. The van der Waals surface area contributed by atoms with Crippen LogP contribution < -0.4 is 16.0 Å². The zero-order chi connectivity index (χ0) is 19.0. The molecular weight excluding hydrogens is 365 g/mol. The van der Waals surface area contributed by atoms with Crippen molar-refractivity contribution in [3.63, 3.8) is 0 Å². The molecule has 26 heavy (non-hydrogen) atoms. The molecule has 1 unspecified atom stereocenters. The number of nitrogens with one attached hydrogen (secondary N) is 3. The minimum absolute atomic E-state index is 0.279. The molecule has 1 aromatic carbocycles. The van der Waals surface area contributed by atoms with Gasteiger partial charge in [-0.2, -0.15) is 13.2 Å². The highest BCUT2D eigenvalue weighted by molar-refractivity contribution is 7.80. The maximum absolute atomic E-state index is 13.1. The Balaban J connectivity index is 1.97. The van der Waals surface area contributed by atoms with E-state index in [0.717, 1.165) is 6.08 Å². The molecule has 136 valence electrons. The highest BCUT2D eigenvalue weighted by Gasteiger charge is 2.41. The van der Waals surface area contributed by atoms with Gasteiger partial charge in [0.15, 0.2) is 11.3 Å². The number of anilines is 1. The molecule has 0 saturated heterocycles. The highest BCUT2D eigenvalue weighted by atomic mass is 32.1. The summed E-state index contributed by atoms with van der Waals surface area (Å²) in [6.45, 7) is 0. The topological polar surface area (TPSA) is 66.1 Å². The predicted molar refractivity (Wildman–Crippen MR) is 97.1 cm³/mol. The lowest BCUT2D eigenvalue weighted by molar-refractivity contribution is -0.163. The molecule has 0 aliphatic carbocycles. The van der Waals surface area contributed by atoms with E-state index in [9.17, 15) is 18.0 Å². The van der Waals surface area contributed by atoms with Crippen molar-refractivity contribution in [2.45, 2.75) is 12.3 Å². The van der Waals surface area contributed by atoms with Gasteiger partial charge in [0, 0.05) is 12.3 Å². The van der Waals surface area contributed by atoms with E-state index in [4.69, 9.17) is 12.2 Å². The zero-order valence-electron chi connectivity index (χ0n) is 13.3. The van der Waals surface area contributed by atoms with Crippen LogP contribution >= 0.6 is 12.2 Å². The third kappa shape index (κ3) is 6.52. The number of carbonyl (C=O) groups excluding carboxylic acids is 1. The molecule has 2 aromatic rings. The predicted octanol–water partition coefficient (Wildman–Crippen LogP) is 3.09. The number of hydrogen-bond acceptors (Lipinski definition) is 3. The first-order chi connectivity index (χ1) is 12.3. The van der Waals surface area contributed by atoms with Gasteiger partial charge in [0.1, 0.15) is 5.82 Å². The summed E-state index contributed by atoms with van der Waals surface area (Å²) in [5.74, 6) is -0.634. The minimum atomic E-state index is -4.74. The minimum Gasteiger partial charge on any atom is -0.335 e. The third-order valence-corrected chi connectivity index (χ3v) is 3.24. The Labute approximate surface area is 153 Å². The van der Waals surface area contributed by atoms with Crippen molar-refractivity contribution >= 4 is 35.1 Å².